The molecule has 7 heteroatoms. The summed E-state index contributed by atoms with van der Waals surface area (Å²) in [5.41, 5.74) is -0.0898. The Hall–Kier alpha value is -2.15. The second-order valence-corrected chi connectivity index (χ2v) is 4.79. The van der Waals surface area contributed by atoms with Gasteiger partial charge in [0.1, 0.15) is 0 Å². The quantitative estimate of drug-likeness (QED) is 0.550. The molecule has 0 radical (unpaired) electrons. The molecule has 2 rings (SSSR count). The Labute approximate surface area is 109 Å². The third kappa shape index (κ3) is 2.50. The van der Waals surface area contributed by atoms with E-state index in [1.54, 1.807) is 6.92 Å². The van der Waals surface area contributed by atoms with Crippen molar-refractivity contribution in [3.05, 3.63) is 33.4 Å². The minimum Gasteiger partial charge on any atom is -0.478 e. The first-order valence-electron chi connectivity index (χ1n) is 5.80. The van der Waals surface area contributed by atoms with E-state index in [9.17, 15) is 20.0 Å². The van der Waals surface area contributed by atoms with Crippen LogP contribution < -0.4 is 5.32 Å². The molecule has 1 aromatic carbocycles. The molecule has 7 nitrogen and oxygen atoms in total. The number of rotatable bonds is 5. The van der Waals surface area contributed by atoms with E-state index >= 15 is 0 Å². The number of carboxylic acid groups (broad SMARTS) is 1. The van der Waals surface area contributed by atoms with Crippen molar-refractivity contribution in [3.63, 3.8) is 0 Å². The summed E-state index contributed by atoms with van der Waals surface area (Å²) in [7, 11) is 0. The molecule has 1 aromatic rings. The topological polar surface area (TPSA) is 113 Å². The molecular formula is C12H14N2O5. The summed E-state index contributed by atoms with van der Waals surface area (Å²) < 4.78 is 0. The molecule has 1 saturated carbocycles. The highest BCUT2D eigenvalue weighted by Gasteiger charge is 2.42. The highest BCUT2D eigenvalue weighted by molar-refractivity contribution is 5.90. The van der Waals surface area contributed by atoms with Gasteiger partial charge >= 0.3 is 5.97 Å². The van der Waals surface area contributed by atoms with Crippen molar-refractivity contribution < 1.29 is 19.9 Å². The first-order valence-corrected chi connectivity index (χ1v) is 5.80. The SMILES string of the molecule is Cc1c(NC2(CO)CC2)cc(C(=O)O)cc1[N+](=O)[O-]. The van der Waals surface area contributed by atoms with Crippen LogP contribution in [0.5, 0.6) is 0 Å². The Bertz CT molecular complexity index is 551. The minimum atomic E-state index is -1.22. The van der Waals surface area contributed by atoms with Crippen molar-refractivity contribution in [3.8, 4) is 0 Å². The number of nitro benzene ring substituents is 1. The van der Waals surface area contributed by atoms with Crippen molar-refractivity contribution in [2.45, 2.75) is 25.3 Å². The summed E-state index contributed by atoms with van der Waals surface area (Å²) in [6.45, 7) is 1.47. The van der Waals surface area contributed by atoms with Crippen LogP contribution in [-0.2, 0) is 0 Å². The number of aliphatic hydroxyl groups is 1. The molecule has 1 fully saturated rings. The lowest BCUT2D eigenvalue weighted by molar-refractivity contribution is -0.385. The third-order valence-electron chi connectivity index (χ3n) is 3.38. The normalized spacial score (nSPS) is 15.9. The van der Waals surface area contributed by atoms with E-state index in [0.29, 0.717) is 11.3 Å². The molecule has 0 amide bonds. The maximum atomic E-state index is 11.0. The summed E-state index contributed by atoms with van der Waals surface area (Å²) in [5, 5.41) is 32.2. The van der Waals surface area contributed by atoms with Gasteiger partial charge < -0.3 is 15.5 Å². The van der Waals surface area contributed by atoms with E-state index in [1.807, 2.05) is 0 Å². The molecule has 1 aliphatic carbocycles. The summed E-state index contributed by atoms with van der Waals surface area (Å²) in [5.74, 6) is -1.22. The van der Waals surface area contributed by atoms with E-state index in [-0.39, 0.29) is 17.9 Å². The van der Waals surface area contributed by atoms with Crippen LogP contribution in [0.4, 0.5) is 11.4 Å². The number of nitrogens with zero attached hydrogens (tertiary/aromatic N) is 1. The monoisotopic (exact) mass is 266 g/mol. The maximum Gasteiger partial charge on any atom is 0.336 e. The number of nitrogens with one attached hydrogen (secondary N) is 1. The van der Waals surface area contributed by atoms with Crippen molar-refractivity contribution in [1.82, 2.24) is 0 Å². The van der Waals surface area contributed by atoms with Gasteiger partial charge in [-0.2, -0.15) is 0 Å². The Morgan fingerprint density at radius 2 is 2.16 bits per heavy atom. The smallest absolute Gasteiger partial charge is 0.336 e. The lowest BCUT2D eigenvalue weighted by Gasteiger charge is -2.18. The molecule has 0 spiro atoms. The predicted octanol–water partition coefficient (Wildman–Crippen LogP) is 1.54. The molecule has 19 heavy (non-hydrogen) atoms. The van der Waals surface area contributed by atoms with Gasteiger partial charge in [0.25, 0.3) is 5.69 Å². The number of hydrogen-bond donors (Lipinski definition) is 3. The molecule has 0 heterocycles. The Morgan fingerprint density at radius 1 is 1.53 bits per heavy atom. The van der Waals surface area contributed by atoms with Gasteiger partial charge in [0.2, 0.25) is 0 Å². The predicted molar refractivity (Wildman–Crippen MR) is 67.5 cm³/mol. The van der Waals surface area contributed by atoms with Crippen LogP contribution in [0.3, 0.4) is 0 Å². The summed E-state index contributed by atoms with van der Waals surface area (Å²) in [6.07, 6.45) is 1.52. The van der Waals surface area contributed by atoms with Gasteiger partial charge in [0.15, 0.2) is 0 Å². The lowest BCUT2D eigenvalue weighted by atomic mass is 10.1. The fraction of sp³-hybridized carbons (Fsp3) is 0.417. The zero-order valence-corrected chi connectivity index (χ0v) is 10.3. The van der Waals surface area contributed by atoms with Crippen LogP contribution in [-0.4, -0.2) is 33.3 Å². The largest absolute Gasteiger partial charge is 0.478 e. The standard InChI is InChI=1S/C12H14N2O5/c1-7-9(13-12(6-15)2-3-12)4-8(11(16)17)5-10(7)14(18)19/h4-5,13,15H,2-3,6H2,1H3,(H,16,17). The molecule has 0 atom stereocenters. The number of hydrogen-bond acceptors (Lipinski definition) is 5. The van der Waals surface area contributed by atoms with Crippen LogP contribution in [0.25, 0.3) is 0 Å². The summed E-state index contributed by atoms with van der Waals surface area (Å²) >= 11 is 0. The van der Waals surface area contributed by atoms with Gasteiger partial charge in [-0.25, -0.2) is 4.79 Å². The molecule has 3 N–H and O–H groups in total. The molecule has 0 aromatic heterocycles. The lowest BCUT2D eigenvalue weighted by Crippen LogP contribution is -2.26. The number of carbonyl (C=O) groups is 1. The zero-order valence-electron chi connectivity index (χ0n) is 10.3. The first kappa shape index (κ1) is 13.3. The van der Waals surface area contributed by atoms with Crippen molar-refractivity contribution in [2.24, 2.45) is 0 Å². The van der Waals surface area contributed by atoms with Crippen molar-refractivity contribution in [1.29, 1.82) is 0 Å². The fourth-order valence-electron chi connectivity index (χ4n) is 1.90. The van der Waals surface area contributed by atoms with Gasteiger partial charge in [-0.05, 0) is 25.8 Å². The van der Waals surface area contributed by atoms with Crippen molar-refractivity contribution >= 4 is 17.3 Å². The highest BCUT2D eigenvalue weighted by atomic mass is 16.6. The molecule has 0 unspecified atom stereocenters. The molecular weight excluding hydrogens is 252 g/mol. The van der Waals surface area contributed by atoms with Crippen LogP contribution in [0.15, 0.2) is 12.1 Å². The van der Waals surface area contributed by atoms with E-state index in [4.69, 9.17) is 5.11 Å². The molecule has 0 saturated heterocycles. The zero-order chi connectivity index (χ0) is 14.2. The van der Waals surface area contributed by atoms with Gasteiger partial charge in [-0.3, -0.25) is 10.1 Å². The second kappa shape index (κ2) is 4.51. The average Bonchev–Trinajstić information content (AvgIpc) is 3.11. The Kier molecular flexibility index (Phi) is 3.15. The molecule has 1 aliphatic rings. The van der Waals surface area contributed by atoms with Gasteiger partial charge in [-0.1, -0.05) is 0 Å². The van der Waals surface area contributed by atoms with Crippen LogP contribution in [0.2, 0.25) is 0 Å². The Morgan fingerprint density at radius 3 is 2.58 bits per heavy atom. The van der Waals surface area contributed by atoms with E-state index in [0.717, 1.165) is 18.9 Å². The molecule has 0 aliphatic heterocycles. The highest BCUT2D eigenvalue weighted by Crippen LogP contribution is 2.40. The summed E-state index contributed by atoms with van der Waals surface area (Å²) in [4.78, 5) is 21.3. The molecule has 102 valence electrons. The summed E-state index contributed by atoms with van der Waals surface area (Å²) in [6, 6.07) is 2.40. The number of aliphatic hydroxyl groups excluding tert-OH is 1. The third-order valence-corrected chi connectivity index (χ3v) is 3.38. The number of anilines is 1. The van der Waals surface area contributed by atoms with E-state index in [1.165, 1.54) is 6.07 Å². The average molecular weight is 266 g/mol. The van der Waals surface area contributed by atoms with Crippen LogP contribution >= 0.6 is 0 Å². The minimum absolute atomic E-state index is 0.0858. The Balaban J connectivity index is 2.46. The van der Waals surface area contributed by atoms with Gasteiger partial charge in [-0.15, -0.1) is 0 Å². The second-order valence-electron chi connectivity index (χ2n) is 4.79. The number of carboxylic acids is 1. The van der Waals surface area contributed by atoms with Gasteiger partial charge in [0, 0.05) is 17.3 Å². The van der Waals surface area contributed by atoms with E-state index < -0.39 is 16.4 Å². The first-order chi connectivity index (χ1) is 8.88. The van der Waals surface area contributed by atoms with Gasteiger partial charge in [0.05, 0.1) is 22.6 Å². The molecule has 0 bridgehead atoms. The maximum absolute atomic E-state index is 11.0. The van der Waals surface area contributed by atoms with Crippen molar-refractivity contribution in [2.75, 3.05) is 11.9 Å². The number of benzene rings is 1. The van der Waals surface area contributed by atoms with Crippen LogP contribution in [0, 0.1) is 17.0 Å². The fourth-order valence-corrected chi connectivity index (χ4v) is 1.90. The number of aromatic carboxylic acids is 1. The number of nitro groups is 1. The van der Waals surface area contributed by atoms with Crippen LogP contribution in [0.1, 0.15) is 28.8 Å². The van der Waals surface area contributed by atoms with E-state index in [2.05, 4.69) is 5.32 Å².